The molecular formula is C10H11N5O2. The van der Waals surface area contributed by atoms with Crippen LogP contribution in [0.4, 0.5) is 5.69 Å². The fraction of sp³-hybridized carbons (Fsp3) is 0.200. The highest BCUT2D eigenvalue weighted by Crippen LogP contribution is 2.02. The number of hydrogen-bond donors (Lipinski definition) is 2. The van der Waals surface area contributed by atoms with E-state index >= 15 is 0 Å². The van der Waals surface area contributed by atoms with Crippen molar-refractivity contribution in [2.45, 2.75) is 6.54 Å². The van der Waals surface area contributed by atoms with E-state index in [9.17, 15) is 4.79 Å². The third kappa shape index (κ3) is 3.00. The molecule has 88 valence electrons. The van der Waals surface area contributed by atoms with Crippen LogP contribution < -0.4 is 5.32 Å². The molecule has 17 heavy (non-hydrogen) atoms. The maximum atomic E-state index is 10.6. The molecule has 0 aromatic carbocycles. The van der Waals surface area contributed by atoms with Crippen LogP contribution in [0.15, 0.2) is 30.7 Å². The van der Waals surface area contributed by atoms with E-state index in [2.05, 4.69) is 20.6 Å². The maximum Gasteiger partial charge on any atom is 0.358 e. The Labute approximate surface area is 97.1 Å². The lowest BCUT2D eigenvalue weighted by Crippen LogP contribution is -2.11. The normalized spacial score (nSPS) is 10.1. The Morgan fingerprint density at radius 3 is 2.82 bits per heavy atom. The molecular weight excluding hydrogens is 222 g/mol. The molecule has 0 amide bonds. The summed E-state index contributed by atoms with van der Waals surface area (Å²) >= 11 is 0. The van der Waals surface area contributed by atoms with Gasteiger partial charge in [-0.25, -0.2) is 9.48 Å². The summed E-state index contributed by atoms with van der Waals surface area (Å²) in [6, 6.07) is 3.70. The minimum atomic E-state index is -1.07. The first-order chi connectivity index (χ1) is 8.25. The Morgan fingerprint density at radius 1 is 1.41 bits per heavy atom. The second-order valence-electron chi connectivity index (χ2n) is 3.33. The molecule has 7 nitrogen and oxygen atoms in total. The van der Waals surface area contributed by atoms with Crippen molar-refractivity contribution in [1.82, 2.24) is 20.0 Å². The monoisotopic (exact) mass is 233 g/mol. The average molecular weight is 233 g/mol. The van der Waals surface area contributed by atoms with E-state index < -0.39 is 5.97 Å². The third-order valence-corrected chi connectivity index (χ3v) is 2.11. The quantitative estimate of drug-likeness (QED) is 0.780. The van der Waals surface area contributed by atoms with Crippen LogP contribution in [0.25, 0.3) is 0 Å². The first-order valence-corrected chi connectivity index (χ1v) is 5.03. The number of hydrogen-bond acceptors (Lipinski definition) is 5. The first-order valence-electron chi connectivity index (χ1n) is 5.03. The SMILES string of the molecule is O=C(O)c1cn(CCNc2ccncc2)nn1. The molecule has 2 heterocycles. The van der Waals surface area contributed by atoms with E-state index in [0.717, 1.165) is 5.69 Å². The Hall–Kier alpha value is -2.44. The molecule has 0 aliphatic rings. The standard InChI is InChI=1S/C10H11N5O2/c16-10(17)9-7-15(14-13-9)6-5-12-8-1-3-11-4-2-8/h1-4,7H,5-6H2,(H,11,12)(H,16,17). The van der Waals surface area contributed by atoms with Gasteiger partial charge in [0.25, 0.3) is 0 Å². The number of rotatable bonds is 5. The average Bonchev–Trinajstić information content (AvgIpc) is 2.79. The van der Waals surface area contributed by atoms with E-state index in [4.69, 9.17) is 5.11 Å². The third-order valence-electron chi connectivity index (χ3n) is 2.11. The van der Waals surface area contributed by atoms with Crippen molar-refractivity contribution in [2.75, 3.05) is 11.9 Å². The van der Waals surface area contributed by atoms with Gasteiger partial charge in [-0.1, -0.05) is 5.21 Å². The number of nitrogens with zero attached hydrogens (tertiary/aromatic N) is 4. The fourth-order valence-electron chi connectivity index (χ4n) is 1.29. The summed E-state index contributed by atoms with van der Waals surface area (Å²) in [7, 11) is 0. The van der Waals surface area contributed by atoms with Crippen molar-refractivity contribution in [3.05, 3.63) is 36.4 Å². The number of anilines is 1. The molecule has 7 heteroatoms. The van der Waals surface area contributed by atoms with E-state index in [-0.39, 0.29) is 5.69 Å². The highest BCUT2D eigenvalue weighted by atomic mass is 16.4. The van der Waals surface area contributed by atoms with Gasteiger partial charge in [-0.3, -0.25) is 4.98 Å². The molecule has 0 atom stereocenters. The maximum absolute atomic E-state index is 10.6. The Morgan fingerprint density at radius 2 is 2.18 bits per heavy atom. The van der Waals surface area contributed by atoms with Crippen molar-refractivity contribution < 1.29 is 9.90 Å². The topological polar surface area (TPSA) is 92.9 Å². The lowest BCUT2D eigenvalue weighted by atomic mass is 10.4. The van der Waals surface area contributed by atoms with Gasteiger partial charge < -0.3 is 10.4 Å². The molecule has 0 radical (unpaired) electrons. The molecule has 0 saturated heterocycles. The first kappa shape index (κ1) is 11.1. The Kier molecular flexibility index (Phi) is 3.29. The van der Waals surface area contributed by atoms with Crippen molar-refractivity contribution >= 4 is 11.7 Å². The van der Waals surface area contributed by atoms with Crippen LogP contribution in [-0.4, -0.2) is 37.6 Å². The fourth-order valence-corrected chi connectivity index (χ4v) is 1.29. The molecule has 0 unspecified atom stereocenters. The summed E-state index contributed by atoms with van der Waals surface area (Å²) < 4.78 is 1.48. The smallest absolute Gasteiger partial charge is 0.358 e. The molecule has 2 rings (SSSR count). The van der Waals surface area contributed by atoms with Crippen molar-refractivity contribution in [2.24, 2.45) is 0 Å². The number of carboxylic acid groups (broad SMARTS) is 1. The van der Waals surface area contributed by atoms with Crippen LogP contribution in [0.5, 0.6) is 0 Å². The van der Waals surface area contributed by atoms with E-state index in [0.29, 0.717) is 13.1 Å². The highest BCUT2D eigenvalue weighted by Gasteiger charge is 2.07. The molecule has 2 aromatic rings. The van der Waals surface area contributed by atoms with Gasteiger partial charge in [0.05, 0.1) is 12.7 Å². The molecule has 0 spiro atoms. The molecule has 2 N–H and O–H groups in total. The van der Waals surface area contributed by atoms with Gasteiger partial charge in [-0.05, 0) is 12.1 Å². The van der Waals surface area contributed by atoms with Gasteiger partial charge in [-0.15, -0.1) is 5.10 Å². The number of aromatic carboxylic acids is 1. The number of aromatic nitrogens is 4. The van der Waals surface area contributed by atoms with E-state index in [1.807, 2.05) is 12.1 Å². The summed E-state index contributed by atoms with van der Waals surface area (Å²) in [5.74, 6) is -1.07. The zero-order valence-corrected chi connectivity index (χ0v) is 8.95. The summed E-state index contributed by atoms with van der Waals surface area (Å²) in [5, 5.41) is 19.0. The highest BCUT2D eigenvalue weighted by molar-refractivity contribution is 5.84. The lowest BCUT2D eigenvalue weighted by molar-refractivity contribution is 0.0690. The van der Waals surface area contributed by atoms with Crippen LogP contribution >= 0.6 is 0 Å². The van der Waals surface area contributed by atoms with Gasteiger partial charge in [0.15, 0.2) is 5.69 Å². The van der Waals surface area contributed by atoms with Gasteiger partial charge in [0, 0.05) is 24.6 Å². The minimum absolute atomic E-state index is 0.0473. The second-order valence-corrected chi connectivity index (χ2v) is 3.33. The van der Waals surface area contributed by atoms with Gasteiger partial charge in [0.1, 0.15) is 0 Å². The number of carbonyl (C=O) groups is 1. The summed E-state index contributed by atoms with van der Waals surface area (Å²) in [4.78, 5) is 14.5. The zero-order valence-electron chi connectivity index (χ0n) is 8.95. The molecule has 2 aromatic heterocycles. The largest absolute Gasteiger partial charge is 0.476 e. The minimum Gasteiger partial charge on any atom is -0.476 e. The Bertz CT molecular complexity index is 496. The van der Waals surface area contributed by atoms with Crippen LogP contribution in [0, 0.1) is 0 Å². The lowest BCUT2D eigenvalue weighted by Gasteiger charge is -2.04. The summed E-state index contributed by atoms with van der Waals surface area (Å²) in [5.41, 5.74) is 0.910. The molecule has 0 bridgehead atoms. The van der Waals surface area contributed by atoms with Gasteiger partial charge in [-0.2, -0.15) is 0 Å². The van der Waals surface area contributed by atoms with E-state index in [1.54, 1.807) is 12.4 Å². The molecule has 0 aliphatic heterocycles. The van der Waals surface area contributed by atoms with Crippen molar-refractivity contribution in [3.63, 3.8) is 0 Å². The second kappa shape index (κ2) is 5.06. The number of pyridine rings is 1. The van der Waals surface area contributed by atoms with Crippen LogP contribution in [0.2, 0.25) is 0 Å². The molecule has 0 fully saturated rings. The van der Waals surface area contributed by atoms with Crippen LogP contribution in [0.3, 0.4) is 0 Å². The van der Waals surface area contributed by atoms with E-state index in [1.165, 1.54) is 10.9 Å². The van der Waals surface area contributed by atoms with Gasteiger partial charge in [0.2, 0.25) is 0 Å². The summed E-state index contributed by atoms with van der Waals surface area (Å²) in [6.45, 7) is 1.18. The van der Waals surface area contributed by atoms with Crippen LogP contribution in [-0.2, 0) is 6.54 Å². The molecule has 0 aliphatic carbocycles. The Balaban J connectivity index is 1.84. The van der Waals surface area contributed by atoms with Crippen molar-refractivity contribution in [3.8, 4) is 0 Å². The van der Waals surface area contributed by atoms with Crippen molar-refractivity contribution in [1.29, 1.82) is 0 Å². The summed E-state index contributed by atoms with van der Waals surface area (Å²) in [6.07, 6.45) is 4.79. The predicted octanol–water partition coefficient (Wildman–Crippen LogP) is 0.483. The number of nitrogens with one attached hydrogen (secondary N) is 1. The predicted molar refractivity (Wildman–Crippen MR) is 59.7 cm³/mol. The zero-order chi connectivity index (χ0) is 12.1. The van der Waals surface area contributed by atoms with Crippen LogP contribution in [0.1, 0.15) is 10.5 Å². The molecule has 0 saturated carbocycles. The van der Waals surface area contributed by atoms with Gasteiger partial charge >= 0.3 is 5.97 Å². The number of carboxylic acids is 1.